The smallest absolute Gasteiger partial charge is 0.228 e. The highest BCUT2D eigenvalue weighted by Crippen LogP contribution is 2.38. The third-order valence-corrected chi connectivity index (χ3v) is 5.39. The highest BCUT2D eigenvalue weighted by atomic mass is 32.2. The van der Waals surface area contributed by atoms with Gasteiger partial charge in [-0.05, 0) is 43.2 Å². The molecule has 0 saturated carbocycles. The fourth-order valence-electron chi connectivity index (χ4n) is 2.71. The summed E-state index contributed by atoms with van der Waals surface area (Å²) >= 11 is 2.02. The number of hydrogen-bond acceptors (Lipinski definition) is 4. The van der Waals surface area contributed by atoms with Crippen LogP contribution in [0.2, 0.25) is 0 Å². The molecule has 5 heteroatoms. The van der Waals surface area contributed by atoms with Gasteiger partial charge in [0.15, 0.2) is 0 Å². The number of anilines is 3. The Morgan fingerprint density at radius 2 is 2.37 bits per heavy atom. The minimum absolute atomic E-state index is 0.0462. The number of thioether (sulfide) groups is 1. The van der Waals surface area contributed by atoms with Crippen molar-refractivity contribution in [3.8, 4) is 0 Å². The molecule has 1 fully saturated rings. The lowest BCUT2D eigenvalue weighted by Gasteiger charge is -2.24. The van der Waals surface area contributed by atoms with Gasteiger partial charge in [0.2, 0.25) is 5.91 Å². The third kappa shape index (κ3) is 2.52. The zero-order valence-electron chi connectivity index (χ0n) is 11.1. The predicted octanol–water partition coefficient (Wildman–Crippen LogP) is 2.46. The predicted molar refractivity (Wildman–Crippen MR) is 81.8 cm³/mol. The highest BCUT2D eigenvalue weighted by Gasteiger charge is 2.29. The highest BCUT2D eigenvalue weighted by molar-refractivity contribution is 8.00. The van der Waals surface area contributed by atoms with E-state index in [1.165, 1.54) is 18.6 Å². The molecular weight excluding hydrogens is 258 g/mol. The van der Waals surface area contributed by atoms with Gasteiger partial charge in [-0.1, -0.05) is 0 Å². The van der Waals surface area contributed by atoms with E-state index in [-0.39, 0.29) is 5.91 Å². The number of fused-ring (bicyclic) bond motifs is 1. The average molecular weight is 277 g/mol. The summed E-state index contributed by atoms with van der Waals surface area (Å²) in [5, 5.41) is 6.31. The number of rotatable bonds is 3. The number of nitrogen functional groups attached to an aromatic ring is 1. The van der Waals surface area contributed by atoms with Crippen LogP contribution in [0.15, 0.2) is 12.1 Å². The number of amides is 1. The molecule has 1 aromatic carbocycles. The molecule has 4 nitrogen and oxygen atoms in total. The minimum atomic E-state index is 0.0462. The summed E-state index contributed by atoms with van der Waals surface area (Å²) in [7, 11) is 0. The van der Waals surface area contributed by atoms with E-state index in [0.717, 1.165) is 29.2 Å². The van der Waals surface area contributed by atoms with Crippen LogP contribution in [0.5, 0.6) is 0 Å². The summed E-state index contributed by atoms with van der Waals surface area (Å²) in [4.78, 5) is 11.4. The Bertz CT molecular complexity index is 524. The molecule has 3 rings (SSSR count). The van der Waals surface area contributed by atoms with Crippen molar-refractivity contribution in [3.63, 3.8) is 0 Å². The zero-order valence-corrected chi connectivity index (χ0v) is 11.9. The third-order valence-electron chi connectivity index (χ3n) is 3.85. The number of hydrogen-bond donors (Lipinski definition) is 3. The second-order valence-corrected chi connectivity index (χ2v) is 7.26. The summed E-state index contributed by atoms with van der Waals surface area (Å²) < 4.78 is 0.300. The van der Waals surface area contributed by atoms with Gasteiger partial charge in [0.05, 0.1) is 17.8 Å². The number of benzene rings is 1. The number of nitrogens with one attached hydrogen (secondary N) is 2. The molecule has 19 heavy (non-hydrogen) atoms. The van der Waals surface area contributed by atoms with Crippen LogP contribution in [0.4, 0.5) is 17.1 Å². The SMILES string of the molecule is CC1(CNc2cc3c(cc2N)CC(=O)N3)CCCS1. The van der Waals surface area contributed by atoms with Crippen molar-refractivity contribution in [2.75, 3.05) is 28.7 Å². The Morgan fingerprint density at radius 1 is 1.53 bits per heavy atom. The standard InChI is InChI=1S/C14H19N3OS/c1-14(3-2-4-19-14)8-16-12-7-11-9(5-10(12)15)6-13(18)17-11/h5,7,16H,2-4,6,8,15H2,1H3,(H,17,18). The molecule has 0 bridgehead atoms. The van der Waals surface area contributed by atoms with Gasteiger partial charge in [-0.25, -0.2) is 0 Å². The largest absolute Gasteiger partial charge is 0.397 e. The topological polar surface area (TPSA) is 67.1 Å². The summed E-state index contributed by atoms with van der Waals surface area (Å²) in [6.07, 6.45) is 2.97. The van der Waals surface area contributed by atoms with E-state index in [1.54, 1.807) is 0 Å². The lowest BCUT2D eigenvalue weighted by Crippen LogP contribution is -2.27. The monoisotopic (exact) mass is 277 g/mol. The Morgan fingerprint density at radius 3 is 3.11 bits per heavy atom. The van der Waals surface area contributed by atoms with Gasteiger partial charge in [-0.3, -0.25) is 4.79 Å². The zero-order chi connectivity index (χ0) is 13.5. The Balaban J connectivity index is 1.75. The van der Waals surface area contributed by atoms with Crippen molar-refractivity contribution in [1.82, 2.24) is 0 Å². The average Bonchev–Trinajstić information content (AvgIpc) is 2.92. The summed E-state index contributed by atoms with van der Waals surface area (Å²) in [5.74, 6) is 1.29. The fraction of sp³-hybridized carbons (Fsp3) is 0.500. The molecule has 1 amide bonds. The van der Waals surface area contributed by atoms with Crippen molar-refractivity contribution >= 4 is 34.7 Å². The molecule has 0 spiro atoms. The quantitative estimate of drug-likeness (QED) is 0.742. The van der Waals surface area contributed by atoms with Gasteiger partial charge < -0.3 is 16.4 Å². The molecule has 4 N–H and O–H groups in total. The molecule has 2 aliphatic heterocycles. The van der Waals surface area contributed by atoms with Crippen LogP contribution < -0.4 is 16.4 Å². The molecule has 1 saturated heterocycles. The second-order valence-electron chi connectivity index (χ2n) is 5.58. The van der Waals surface area contributed by atoms with Crippen LogP contribution in [-0.4, -0.2) is 23.0 Å². The second kappa shape index (κ2) is 4.63. The molecule has 102 valence electrons. The van der Waals surface area contributed by atoms with Crippen molar-refractivity contribution in [2.24, 2.45) is 0 Å². The van der Waals surface area contributed by atoms with E-state index in [4.69, 9.17) is 5.73 Å². The molecule has 0 radical (unpaired) electrons. The molecule has 0 aliphatic carbocycles. The first kappa shape index (κ1) is 12.7. The van der Waals surface area contributed by atoms with Gasteiger partial charge in [0, 0.05) is 17.0 Å². The van der Waals surface area contributed by atoms with Crippen LogP contribution in [-0.2, 0) is 11.2 Å². The van der Waals surface area contributed by atoms with Crippen LogP contribution >= 0.6 is 11.8 Å². The molecule has 1 unspecified atom stereocenters. The summed E-state index contributed by atoms with van der Waals surface area (Å²) in [5.41, 5.74) is 9.60. The van der Waals surface area contributed by atoms with Gasteiger partial charge in [-0.15, -0.1) is 0 Å². The maximum Gasteiger partial charge on any atom is 0.228 e. The minimum Gasteiger partial charge on any atom is -0.397 e. The van der Waals surface area contributed by atoms with Crippen LogP contribution in [0.1, 0.15) is 25.3 Å². The van der Waals surface area contributed by atoms with E-state index in [2.05, 4.69) is 17.6 Å². The van der Waals surface area contributed by atoms with Crippen LogP contribution in [0.3, 0.4) is 0 Å². The molecule has 1 atom stereocenters. The fourth-order valence-corrected chi connectivity index (χ4v) is 3.95. The molecule has 2 heterocycles. The first-order valence-corrected chi connectivity index (χ1v) is 7.64. The van der Waals surface area contributed by atoms with Crippen LogP contribution in [0.25, 0.3) is 0 Å². The van der Waals surface area contributed by atoms with Crippen molar-refractivity contribution in [2.45, 2.75) is 30.9 Å². The van der Waals surface area contributed by atoms with E-state index in [1.807, 2.05) is 23.9 Å². The van der Waals surface area contributed by atoms with E-state index in [9.17, 15) is 4.79 Å². The first-order valence-electron chi connectivity index (χ1n) is 6.66. The molecule has 2 aliphatic rings. The van der Waals surface area contributed by atoms with Crippen molar-refractivity contribution in [3.05, 3.63) is 17.7 Å². The summed E-state index contributed by atoms with van der Waals surface area (Å²) in [6, 6.07) is 3.86. The molecule has 0 aromatic heterocycles. The van der Waals surface area contributed by atoms with Gasteiger partial charge >= 0.3 is 0 Å². The van der Waals surface area contributed by atoms with Crippen LogP contribution in [0, 0.1) is 0 Å². The molecular formula is C14H19N3OS. The molecule has 1 aromatic rings. The Hall–Kier alpha value is -1.36. The number of nitrogens with two attached hydrogens (primary N) is 1. The van der Waals surface area contributed by atoms with E-state index >= 15 is 0 Å². The maximum absolute atomic E-state index is 11.4. The Kier molecular flexibility index (Phi) is 3.09. The van der Waals surface area contributed by atoms with Gasteiger partial charge in [0.1, 0.15) is 0 Å². The lowest BCUT2D eigenvalue weighted by molar-refractivity contribution is -0.115. The first-order chi connectivity index (χ1) is 9.06. The Labute approximate surface area is 117 Å². The van der Waals surface area contributed by atoms with E-state index in [0.29, 0.717) is 11.2 Å². The number of carbonyl (C=O) groups excluding carboxylic acids is 1. The number of carbonyl (C=O) groups is 1. The van der Waals surface area contributed by atoms with E-state index < -0.39 is 0 Å². The van der Waals surface area contributed by atoms with Gasteiger partial charge in [-0.2, -0.15) is 11.8 Å². The lowest BCUT2D eigenvalue weighted by atomic mass is 10.1. The van der Waals surface area contributed by atoms with Crippen molar-refractivity contribution < 1.29 is 4.79 Å². The normalized spacial score (nSPS) is 25.2. The summed E-state index contributed by atoms with van der Waals surface area (Å²) in [6.45, 7) is 3.21. The van der Waals surface area contributed by atoms with Gasteiger partial charge in [0.25, 0.3) is 0 Å². The van der Waals surface area contributed by atoms with Crippen molar-refractivity contribution in [1.29, 1.82) is 0 Å². The maximum atomic E-state index is 11.4.